The zero-order valence-corrected chi connectivity index (χ0v) is 48.8. The molecule has 0 bridgehead atoms. The van der Waals surface area contributed by atoms with Crippen LogP contribution in [0.1, 0.15) is 97.2 Å². The van der Waals surface area contributed by atoms with E-state index in [1.54, 1.807) is 0 Å². The Morgan fingerprint density at radius 2 is 0.429 bits per heavy atom. The van der Waals surface area contributed by atoms with Gasteiger partial charge in [0.25, 0.3) is 0 Å². The fraction of sp³-hybridized carbons (Fsp3) is 0.122. The van der Waals surface area contributed by atoms with Crippen LogP contribution in [0.5, 0.6) is 0 Å². The molecule has 0 saturated heterocycles. The normalized spacial score (nSPS) is 13.5. The summed E-state index contributed by atoms with van der Waals surface area (Å²) in [5.74, 6) is 0. The van der Waals surface area contributed by atoms with Crippen LogP contribution in [-0.2, 0) is 21.7 Å². The van der Waals surface area contributed by atoms with E-state index in [4.69, 9.17) is 0 Å². The Bertz CT molecular complexity index is 3990. The van der Waals surface area contributed by atoms with Crippen LogP contribution in [0.3, 0.4) is 0 Å². The predicted molar refractivity (Wildman–Crippen MR) is 353 cm³/mol. The van der Waals surface area contributed by atoms with E-state index in [2.05, 4.69) is 355 Å². The first-order valence-electron chi connectivity index (χ1n) is 29.7. The van der Waals surface area contributed by atoms with E-state index in [1.165, 1.54) is 77.9 Å². The van der Waals surface area contributed by atoms with Crippen LogP contribution in [0.15, 0.2) is 303 Å². The Morgan fingerprint density at radius 3 is 0.690 bits per heavy atom. The van der Waals surface area contributed by atoms with E-state index >= 15 is 0 Å². The zero-order valence-electron chi connectivity index (χ0n) is 48.8. The third-order valence-electron chi connectivity index (χ3n) is 18.0. The molecule has 0 saturated carbocycles. The van der Waals surface area contributed by atoms with Crippen molar-refractivity contribution in [3.05, 3.63) is 359 Å². The summed E-state index contributed by atoms with van der Waals surface area (Å²) in [6.45, 7) is 13.6. The largest absolute Gasteiger partial charge is 0.311 e. The molecule has 0 radical (unpaired) electrons. The molecule has 2 nitrogen and oxygen atoms in total. The molecule has 0 amide bonds. The molecule has 0 aromatic heterocycles. The molecule has 0 fully saturated rings. The standard InChI is InChI=1S/C82H68N2/c1-79(2,3)59-37-49-67(50-38-59)83(68-51-39-60(40-52-68)80(4,5)6)65-45-33-57(34-46-65)58-35-47-66(48-36-58)84(69-53-41-63(42-54-69)81(61-21-9-7-10-22-61)75-29-17-13-25-71(75)72-26-14-18-30-76(72)81)70-55-43-64(44-56-70)82(62-23-11-8-12-24-62)77-31-19-15-27-73(77)74-28-16-20-32-78(74)82/h7-56H,1-6H3. The van der Waals surface area contributed by atoms with Gasteiger partial charge in [-0.25, -0.2) is 0 Å². The van der Waals surface area contributed by atoms with Crippen LogP contribution in [0.2, 0.25) is 0 Å². The molecule has 406 valence electrons. The molecule has 0 N–H and O–H groups in total. The number of anilines is 6. The van der Waals surface area contributed by atoms with Crippen molar-refractivity contribution in [3.8, 4) is 33.4 Å². The van der Waals surface area contributed by atoms with Gasteiger partial charge in [0.15, 0.2) is 0 Å². The maximum absolute atomic E-state index is 2.42. The molecule has 0 atom stereocenters. The Hall–Kier alpha value is -9.76. The van der Waals surface area contributed by atoms with Crippen LogP contribution in [0.4, 0.5) is 34.1 Å². The van der Waals surface area contributed by atoms with Gasteiger partial charge in [0.1, 0.15) is 0 Å². The Morgan fingerprint density at radius 1 is 0.214 bits per heavy atom. The highest BCUT2D eigenvalue weighted by atomic mass is 15.1. The van der Waals surface area contributed by atoms with E-state index < -0.39 is 10.8 Å². The van der Waals surface area contributed by atoms with Crippen molar-refractivity contribution in [1.29, 1.82) is 0 Å². The van der Waals surface area contributed by atoms with Crippen molar-refractivity contribution in [2.45, 2.75) is 63.2 Å². The second-order valence-electron chi connectivity index (χ2n) is 24.9. The fourth-order valence-electron chi connectivity index (χ4n) is 13.9. The summed E-state index contributed by atoms with van der Waals surface area (Å²) >= 11 is 0. The summed E-state index contributed by atoms with van der Waals surface area (Å²) in [7, 11) is 0. The molecule has 0 spiro atoms. The van der Waals surface area contributed by atoms with Crippen LogP contribution in [-0.4, -0.2) is 0 Å². The average molecular weight is 1080 g/mol. The van der Waals surface area contributed by atoms with Gasteiger partial charge in [-0.3, -0.25) is 0 Å². The number of rotatable bonds is 11. The smallest absolute Gasteiger partial charge is 0.0713 e. The molecular formula is C82H68N2. The third-order valence-corrected chi connectivity index (χ3v) is 18.0. The lowest BCUT2D eigenvalue weighted by Crippen LogP contribution is -2.28. The summed E-state index contributed by atoms with van der Waals surface area (Å²) < 4.78 is 0. The minimum atomic E-state index is -0.499. The highest BCUT2D eigenvalue weighted by Gasteiger charge is 2.47. The topological polar surface area (TPSA) is 6.48 Å². The van der Waals surface area contributed by atoms with Gasteiger partial charge >= 0.3 is 0 Å². The zero-order chi connectivity index (χ0) is 57.2. The van der Waals surface area contributed by atoms with Crippen LogP contribution in [0.25, 0.3) is 33.4 Å². The molecule has 12 aromatic rings. The molecule has 2 aliphatic rings. The number of benzene rings is 12. The quantitative estimate of drug-likeness (QED) is 0.127. The molecule has 0 aliphatic heterocycles. The van der Waals surface area contributed by atoms with Crippen LogP contribution in [0, 0.1) is 0 Å². The maximum Gasteiger partial charge on any atom is 0.0713 e. The molecular weight excluding hydrogens is 1010 g/mol. The number of nitrogens with zero attached hydrogens (tertiary/aromatic N) is 2. The Kier molecular flexibility index (Phi) is 12.8. The first kappa shape index (κ1) is 52.3. The van der Waals surface area contributed by atoms with Gasteiger partial charge in [-0.05, 0) is 173 Å². The SMILES string of the molecule is CC(C)(C)c1ccc(N(c2ccc(-c3ccc(N(c4ccc(C5(c6ccccc6)c6ccccc6-c6ccccc65)cc4)c4ccc(C5(c6ccccc6)c6ccccc6-c6ccccc65)cc4)cc3)cc2)c2ccc(C(C)(C)C)cc2)cc1. The molecule has 0 heterocycles. The molecule has 0 unspecified atom stereocenters. The second kappa shape index (κ2) is 20.6. The summed E-state index contributed by atoms with van der Waals surface area (Å²) in [6.07, 6.45) is 0. The Labute approximate surface area is 496 Å². The maximum atomic E-state index is 2.42. The lowest BCUT2D eigenvalue weighted by molar-refractivity contribution is 0.590. The van der Waals surface area contributed by atoms with Crippen LogP contribution >= 0.6 is 0 Å². The van der Waals surface area contributed by atoms with Crippen molar-refractivity contribution in [3.63, 3.8) is 0 Å². The van der Waals surface area contributed by atoms with Gasteiger partial charge in [0.2, 0.25) is 0 Å². The molecule has 2 heteroatoms. The minimum Gasteiger partial charge on any atom is -0.311 e. The summed E-state index contributed by atoms with van der Waals surface area (Å²) in [4.78, 5) is 4.80. The first-order valence-corrected chi connectivity index (χ1v) is 29.7. The van der Waals surface area contributed by atoms with Crippen molar-refractivity contribution in [2.75, 3.05) is 9.80 Å². The van der Waals surface area contributed by atoms with Crippen LogP contribution < -0.4 is 9.80 Å². The van der Waals surface area contributed by atoms with E-state index in [1.807, 2.05) is 0 Å². The van der Waals surface area contributed by atoms with Gasteiger partial charge in [0.05, 0.1) is 10.8 Å². The summed E-state index contributed by atoms with van der Waals surface area (Å²) in [5, 5.41) is 0. The van der Waals surface area contributed by atoms with E-state index in [-0.39, 0.29) is 10.8 Å². The third kappa shape index (κ3) is 8.62. The first-order chi connectivity index (χ1) is 40.9. The second-order valence-corrected chi connectivity index (χ2v) is 24.9. The number of hydrogen-bond acceptors (Lipinski definition) is 2. The number of fused-ring (bicyclic) bond motifs is 6. The molecule has 84 heavy (non-hydrogen) atoms. The van der Waals surface area contributed by atoms with Crippen molar-refractivity contribution in [2.24, 2.45) is 0 Å². The number of hydrogen-bond donors (Lipinski definition) is 0. The fourth-order valence-corrected chi connectivity index (χ4v) is 13.9. The van der Waals surface area contributed by atoms with Gasteiger partial charge in [-0.2, -0.15) is 0 Å². The summed E-state index contributed by atoms with van der Waals surface area (Å²) in [6, 6.07) is 113. The molecule has 2 aliphatic carbocycles. The van der Waals surface area contributed by atoms with Gasteiger partial charge in [-0.1, -0.05) is 272 Å². The minimum absolute atomic E-state index is 0.0608. The van der Waals surface area contributed by atoms with E-state index in [9.17, 15) is 0 Å². The summed E-state index contributed by atoms with van der Waals surface area (Å²) in [5.41, 5.74) is 26.0. The molecule has 12 aromatic carbocycles. The molecule has 14 rings (SSSR count). The predicted octanol–water partition coefficient (Wildman–Crippen LogP) is 21.6. The van der Waals surface area contributed by atoms with Crippen molar-refractivity contribution >= 4 is 34.1 Å². The highest BCUT2D eigenvalue weighted by molar-refractivity contribution is 5.89. The highest BCUT2D eigenvalue weighted by Crippen LogP contribution is 2.58. The Balaban J connectivity index is 0.872. The average Bonchev–Trinajstić information content (AvgIpc) is 1.86. The van der Waals surface area contributed by atoms with Gasteiger partial charge < -0.3 is 9.80 Å². The van der Waals surface area contributed by atoms with E-state index in [0.29, 0.717) is 0 Å². The lowest BCUT2D eigenvalue weighted by Gasteiger charge is -2.35. The van der Waals surface area contributed by atoms with Gasteiger partial charge in [-0.15, -0.1) is 0 Å². The van der Waals surface area contributed by atoms with E-state index in [0.717, 1.165) is 45.3 Å². The van der Waals surface area contributed by atoms with Gasteiger partial charge in [0, 0.05) is 34.1 Å². The van der Waals surface area contributed by atoms with Crippen molar-refractivity contribution < 1.29 is 0 Å². The monoisotopic (exact) mass is 1080 g/mol. The van der Waals surface area contributed by atoms with Crippen molar-refractivity contribution in [1.82, 2.24) is 0 Å². The lowest BCUT2D eigenvalue weighted by atomic mass is 9.67.